The maximum atomic E-state index is 11.6. The van der Waals surface area contributed by atoms with Crippen molar-refractivity contribution in [2.24, 2.45) is 0 Å². The van der Waals surface area contributed by atoms with E-state index in [1.165, 1.54) is 0 Å². The Morgan fingerprint density at radius 3 is 2.71 bits per heavy atom. The highest BCUT2D eigenvalue weighted by Crippen LogP contribution is 2.34. The van der Waals surface area contributed by atoms with Gasteiger partial charge in [-0.25, -0.2) is 8.42 Å². The van der Waals surface area contributed by atoms with Crippen molar-refractivity contribution in [2.75, 3.05) is 31.1 Å². The Labute approximate surface area is 131 Å². The third kappa shape index (κ3) is 3.11. The second-order valence-electron chi connectivity index (χ2n) is 5.95. The lowest BCUT2D eigenvalue weighted by Crippen LogP contribution is -2.47. The lowest BCUT2D eigenvalue weighted by molar-refractivity contribution is 0.196. The standard InChI is InChI=1S/C15H21ClN2O2S/c1-11-3-2-4-12(14(11)16)15-13(5-6-17-15)18-7-9-21(19,20)10-8-18/h2-4,13,15,17H,5-10H2,1H3/t13-,15-/m1/s1. The van der Waals surface area contributed by atoms with Crippen molar-refractivity contribution in [3.05, 3.63) is 34.3 Å². The third-order valence-electron chi connectivity index (χ3n) is 4.59. The topological polar surface area (TPSA) is 49.4 Å². The summed E-state index contributed by atoms with van der Waals surface area (Å²) in [6.07, 6.45) is 1.04. The van der Waals surface area contributed by atoms with Crippen LogP contribution in [0.4, 0.5) is 0 Å². The number of hydrogen-bond acceptors (Lipinski definition) is 4. The molecule has 4 nitrogen and oxygen atoms in total. The summed E-state index contributed by atoms with van der Waals surface area (Å²) in [5.41, 5.74) is 2.22. The van der Waals surface area contributed by atoms with Crippen molar-refractivity contribution < 1.29 is 8.42 Å². The van der Waals surface area contributed by atoms with E-state index in [1.807, 2.05) is 19.1 Å². The molecule has 2 atom stereocenters. The summed E-state index contributed by atoms with van der Waals surface area (Å²) in [5, 5.41) is 4.36. The van der Waals surface area contributed by atoms with Gasteiger partial charge >= 0.3 is 0 Å². The minimum absolute atomic E-state index is 0.193. The molecule has 0 amide bonds. The average molecular weight is 329 g/mol. The molecule has 1 aromatic rings. The van der Waals surface area contributed by atoms with Crippen LogP contribution < -0.4 is 5.32 Å². The number of benzene rings is 1. The van der Waals surface area contributed by atoms with E-state index in [1.54, 1.807) is 0 Å². The molecule has 1 aromatic carbocycles. The van der Waals surface area contributed by atoms with E-state index >= 15 is 0 Å². The zero-order chi connectivity index (χ0) is 15.0. The van der Waals surface area contributed by atoms with Gasteiger partial charge in [0.2, 0.25) is 0 Å². The van der Waals surface area contributed by atoms with Gasteiger partial charge in [0.1, 0.15) is 0 Å². The van der Waals surface area contributed by atoms with Crippen LogP contribution in [-0.2, 0) is 9.84 Å². The van der Waals surface area contributed by atoms with Crippen LogP contribution in [0.1, 0.15) is 23.6 Å². The first-order valence-electron chi connectivity index (χ1n) is 7.41. The molecule has 0 aliphatic carbocycles. The van der Waals surface area contributed by atoms with Crippen molar-refractivity contribution in [2.45, 2.75) is 25.4 Å². The molecule has 1 N–H and O–H groups in total. The summed E-state index contributed by atoms with van der Waals surface area (Å²) >= 11 is 6.47. The van der Waals surface area contributed by atoms with E-state index in [0.717, 1.165) is 29.1 Å². The summed E-state index contributed by atoms with van der Waals surface area (Å²) in [4.78, 5) is 2.31. The summed E-state index contributed by atoms with van der Waals surface area (Å²) in [7, 11) is -2.83. The van der Waals surface area contributed by atoms with Gasteiger partial charge in [0.25, 0.3) is 0 Å². The van der Waals surface area contributed by atoms with Gasteiger partial charge < -0.3 is 5.32 Å². The van der Waals surface area contributed by atoms with Gasteiger partial charge in [-0.15, -0.1) is 0 Å². The average Bonchev–Trinajstić information content (AvgIpc) is 2.91. The van der Waals surface area contributed by atoms with Crippen LogP contribution in [0.15, 0.2) is 18.2 Å². The van der Waals surface area contributed by atoms with Gasteiger partial charge in [0.05, 0.1) is 11.5 Å². The Bertz CT molecular complexity index is 619. The second kappa shape index (κ2) is 5.88. The van der Waals surface area contributed by atoms with E-state index < -0.39 is 9.84 Å². The Hall–Kier alpha value is -0.620. The Kier molecular flexibility index (Phi) is 4.28. The normalized spacial score (nSPS) is 29.6. The van der Waals surface area contributed by atoms with Gasteiger partial charge in [0.15, 0.2) is 9.84 Å². The summed E-state index contributed by atoms with van der Waals surface area (Å²) < 4.78 is 23.2. The SMILES string of the molecule is Cc1cccc([C@H]2NCC[C@H]2N2CCS(=O)(=O)CC2)c1Cl. The number of halogens is 1. The molecule has 0 spiro atoms. The highest BCUT2D eigenvalue weighted by atomic mass is 35.5. The molecule has 0 saturated carbocycles. The quantitative estimate of drug-likeness (QED) is 0.899. The summed E-state index contributed by atoms with van der Waals surface area (Å²) in [6.45, 7) is 4.23. The maximum Gasteiger partial charge on any atom is 0.152 e. The number of aryl methyl sites for hydroxylation is 1. The molecule has 2 heterocycles. The molecule has 6 heteroatoms. The number of nitrogens with one attached hydrogen (secondary N) is 1. The first-order valence-corrected chi connectivity index (χ1v) is 9.61. The van der Waals surface area contributed by atoms with E-state index in [9.17, 15) is 8.42 Å². The zero-order valence-corrected chi connectivity index (χ0v) is 13.8. The van der Waals surface area contributed by atoms with Crippen molar-refractivity contribution in [1.29, 1.82) is 0 Å². The first-order chi connectivity index (χ1) is 9.98. The van der Waals surface area contributed by atoms with Gasteiger partial charge in [0, 0.05) is 30.2 Å². The fourth-order valence-electron chi connectivity index (χ4n) is 3.37. The summed E-state index contributed by atoms with van der Waals surface area (Å²) in [5.74, 6) is 0.551. The molecular weight excluding hydrogens is 308 g/mol. The van der Waals surface area contributed by atoms with E-state index in [2.05, 4.69) is 16.3 Å². The van der Waals surface area contributed by atoms with Crippen LogP contribution in [0, 0.1) is 6.92 Å². The molecule has 21 heavy (non-hydrogen) atoms. The predicted octanol–water partition coefficient (Wildman–Crippen LogP) is 1.78. The smallest absolute Gasteiger partial charge is 0.152 e. The van der Waals surface area contributed by atoms with Crippen LogP contribution in [0.25, 0.3) is 0 Å². The molecule has 116 valence electrons. The van der Waals surface area contributed by atoms with Crippen LogP contribution in [0.5, 0.6) is 0 Å². The molecular formula is C15H21ClN2O2S. The minimum Gasteiger partial charge on any atom is -0.309 e. The monoisotopic (exact) mass is 328 g/mol. The molecule has 0 aromatic heterocycles. The van der Waals surface area contributed by atoms with E-state index in [4.69, 9.17) is 11.6 Å². The van der Waals surface area contributed by atoms with Gasteiger partial charge in [-0.1, -0.05) is 29.8 Å². The highest BCUT2D eigenvalue weighted by molar-refractivity contribution is 7.91. The largest absolute Gasteiger partial charge is 0.309 e. The number of sulfone groups is 1. The minimum atomic E-state index is -2.83. The Morgan fingerprint density at radius 1 is 1.29 bits per heavy atom. The summed E-state index contributed by atoms with van der Waals surface area (Å²) in [6, 6.07) is 6.65. The Balaban J connectivity index is 1.81. The molecule has 3 rings (SSSR count). The second-order valence-corrected chi connectivity index (χ2v) is 8.64. The number of hydrogen-bond donors (Lipinski definition) is 1. The third-order valence-corrected chi connectivity index (χ3v) is 6.72. The van der Waals surface area contributed by atoms with Crippen LogP contribution in [-0.4, -0.2) is 50.5 Å². The lowest BCUT2D eigenvalue weighted by Gasteiger charge is -2.35. The zero-order valence-electron chi connectivity index (χ0n) is 12.2. The van der Waals surface area contributed by atoms with Crippen LogP contribution in [0.2, 0.25) is 5.02 Å². The predicted molar refractivity (Wildman–Crippen MR) is 85.6 cm³/mol. The Morgan fingerprint density at radius 2 is 2.00 bits per heavy atom. The van der Waals surface area contributed by atoms with Crippen molar-refractivity contribution in [3.63, 3.8) is 0 Å². The molecule has 0 radical (unpaired) electrons. The van der Waals surface area contributed by atoms with Crippen LogP contribution in [0.3, 0.4) is 0 Å². The first kappa shape index (κ1) is 15.3. The molecule has 0 unspecified atom stereocenters. The highest BCUT2D eigenvalue weighted by Gasteiger charge is 2.36. The van der Waals surface area contributed by atoms with E-state index in [-0.39, 0.29) is 17.5 Å². The lowest BCUT2D eigenvalue weighted by atomic mass is 9.97. The van der Waals surface area contributed by atoms with Crippen molar-refractivity contribution in [3.8, 4) is 0 Å². The molecule has 0 bridgehead atoms. The van der Waals surface area contributed by atoms with Gasteiger partial charge in [-0.2, -0.15) is 0 Å². The fraction of sp³-hybridized carbons (Fsp3) is 0.600. The number of rotatable bonds is 2. The van der Waals surface area contributed by atoms with Crippen molar-refractivity contribution in [1.82, 2.24) is 10.2 Å². The maximum absolute atomic E-state index is 11.6. The van der Waals surface area contributed by atoms with Gasteiger partial charge in [-0.05, 0) is 31.0 Å². The molecule has 2 saturated heterocycles. The van der Waals surface area contributed by atoms with Gasteiger partial charge in [-0.3, -0.25) is 4.90 Å². The molecule has 2 fully saturated rings. The van der Waals surface area contributed by atoms with E-state index in [0.29, 0.717) is 19.1 Å². The molecule has 2 aliphatic heterocycles. The van der Waals surface area contributed by atoms with Crippen LogP contribution >= 0.6 is 11.6 Å². The van der Waals surface area contributed by atoms with Crippen molar-refractivity contribution >= 4 is 21.4 Å². The fourth-order valence-corrected chi connectivity index (χ4v) is 4.84. The number of nitrogens with zero attached hydrogens (tertiary/aromatic N) is 1. The molecule has 2 aliphatic rings.